The van der Waals surface area contributed by atoms with Crippen molar-refractivity contribution in [3.05, 3.63) is 89.0 Å². The lowest BCUT2D eigenvalue weighted by Crippen LogP contribution is -2.19. The van der Waals surface area contributed by atoms with E-state index in [1.54, 1.807) is 6.92 Å². The number of unbranched alkanes of at least 4 members (excludes halogenated alkanes) is 2. The van der Waals surface area contributed by atoms with E-state index in [4.69, 9.17) is 0 Å². The van der Waals surface area contributed by atoms with E-state index in [2.05, 4.69) is 116 Å². The zero-order valence-electron chi connectivity index (χ0n) is 26.3. The Hall–Kier alpha value is -2.52. The molecule has 210 valence electrons. The van der Waals surface area contributed by atoms with E-state index in [1.165, 1.54) is 90.3 Å². The van der Waals surface area contributed by atoms with Gasteiger partial charge in [-0.25, -0.2) is 0 Å². The van der Waals surface area contributed by atoms with E-state index in [1.807, 2.05) is 0 Å². The maximum atomic E-state index is 4.66. The minimum atomic E-state index is 0.357. The molecule has 0 heterocycles. The molecular weight excluding hydrogens is 456 g/mol. The zero-order valence-corrected chi connectivity index (χ0v) is 26.3. The normalized spacial score (nSPS) is 11.7. The van der Waals surface area contributed by atoms with Crippen molar-refractivity contribution in [3.8, 4) is 12.3 Å². The van der Waals surface area contributed by atoms with Crippen molar-refractivity contribution in [2.45, 2.75) is 120 Å². The summed E-state index contributed by atoms with van der Waals surface area (Å²) in [5.74, 6) is 3.22. The summed E-state index contributed by atoms with van der Waals surface area (Å²) >= 11 is 0. The maximum absolute atomic E-state index is 4.66. The molecule has 38 heavy (non-hydrogen) atoms. The van der Waals surface area contributed by atoms with Crippen LogP contribution < -0.4 is 0 Å². The van der Waals surface area contributed by atoms with Gasteiger partial charge >= 0.3 is 0 Å². The molecule has 0 spiro atoms. The quantitative estimate of drug-likeness (QED) is 0.174. The molecule has 0 aliphatic heterocycles. The van der Waals surface area contributed by atoms with Crippen LogP contribution in [0.1, 0.15) is 121 Å². The van der Waals surface area contributed by atoms with Gasteiger partial charge in [0.25, 0.3) is 0 Å². The molecule has 0 bridgehead atoms. The molecule has 2 rings (SSSR count). The second-order valence-corrected chi connectivity index (χ2v) is 10.6. The molecule has 0 fully saturated rings. The number of aryl methyl sites for hydroxylation is 4. The molecule has 2 unspecified atom stereocenters. The molecule has 2 aromatic carbocycles. The predicted molar refractivity (Wildman–Crippen MR) is 175 cm³/mol. The van der Waals surface area contributed by atoms with Gasteiger partial charge in [-0.3, -0.25) is 0 Å². The molecule has 0 heteroatoms. The van der Waals surface area contributed by atoms with Crippen LogP contribution >= 0.6 is 0 Å². The molecule has 0 aliphatic carbocycles. The van der Waals surface area contributed by atoms with Gasteiger partial charge in [-0.05, 0) is 86.6 Å². The number of terminal acetylenes is 1. The monoisotopic (exact) mass is 514 g/mol. The molecule has 0 amide bonds. The SMILES string of the molecule is C#CC.C=C(CCc1ccc(C)cc1)C(C(=C)c1ccc(CCCC)cc1C)C(CC)CCC.CCCC. The van der Waals surface area contributed by atoms with E-state index < -0.39 is 0 Å². The predicted octanol–water partition coefficient (Wildman–Crippen LogP) is 11.7. The van der Waals surface area contributed by atoms with E-state index in [-0.39, 0.29) is 0 Å². The topological polar surface area (TPSA) is 0 Å². The van der Waals surface area contributed by atoms with Gasteiger partial charge in [0, 0.05) is 5.92 Å². The van der Waals surface area contributed by atoms with Crippen LogP contribution in [0.3, 0.4) is 0 Å². The lowest BCUT2D eigenvalue weighted by Gasteiger charge is -2.31. The van der Waals surface area contributed by atoms with Crippen LogP contribution in [0.2, 0.25) is 0 Å². The summed E-state index contributed by atoms with van der Waals surface area (Å²) in [6, 6.07) is 16.0. The smallest absolute Gasteiger partial charge is 0.00739 e. The maximum Gasteiger partial charge on any atom is 0.00739 e. The van der Waals surface area contributed by atoms with Crippen LogP contribution in [-0.2, 0) is 12.8 Å². The van der Waals surface area contributed by atoms with Crippen LogP contribution in [0.4, 0.5) is 0 Å². The van der Waals surface area contributed by atoms with Crippen molar-refractivity contribution in [1.29, 1.82) is 0 Å². The number of allylic oxidation sites excluding steroid dienone is 2. The van der Waals surface area contributed by atoms with Crippen LogP contribution in [0.15, 0.2) is 61.2 Å². The number of hydrogen-bond donors (Lipinski definition) is 0. The van der Waals surface area contributed by atoms with Crippen molar-refractivity contribution >= 4 is 5.57 Å². The Balaban J connectivity index is 0.00000175. The molecule has 0 radical (unpaired) electrons. The van der Waals surface area contributed by atoms with Gasteiger partial charge in [-0.15, -0.1) is 12.3 Å². The minimum Gasteiger partial charge on any atom is -0.120 e. The van der Waals surface area contributed by atoms with E-state index in [0.717, 1.165) is 12.8 Å². The standard InChI is InChI=1S/C31H44.C4H10.C3H4/c1-8-11-13-28-20-21-30(25(6)22-28)26(7)31(29(10-3)12-9-2)24(5)16-19-27-17-14-23(4)15-18-27;1-3-4-2;1-3-2/h14-15,17-18,20-22,29,31H,5,7-13,16,19H2,1-4,6H3;3-4H2,1-2H3;1H,2H3. The van der Waals surface area contributed by atoms with Gasteiger partial charge in [0.05, 0.1) is 0 Å². The Morgan fingerprint density at radius 1 is 0.816 bits per heavy atom. The molecule has 2 aromatic rings. The molecule has 0 aliphatic rings. The van der Waals surface area contributed by atoms with Gasteiger partial charge in [-0.2, -0.15) is 0 Å². The molecule has 0 nitrogen and oxygen atoms in total. The first-order valence-electron chi connectivity index (χ1n) is 15.1. The Labute approximate surface area is 238 Å². The summed E-state index contributed by atoms with van der Waals surface area (Å²) in [6.45, 7) is 26.6. The Kier molecular flexibility index (Phi) is 20.0. The first kappa shape index (κ1) is 35.5. The van der Waals surface area contributed by atoms with Gasteiger partial charge in [0.2, 0.25) is 0 Å². The van der Waals surface area contributed by atoms with Crippen molar-refractivity contribution in [1.82, 2.24) is 0 Å². The van der Waals surface area contributed by atoms with Crippen molar-refractivity contribution < 1.29 is 0 Å². The summed E-state index contributed by atoms with van der Waals surface area (Å²) in [6.07, 6.45) is 16.6. The summed E-state index contributed by atoms with van der Waals surface area (Å²) in [5, 5.41) is 0. The number of hydrogen-bond acceptors (Lipinski definition) is 0. The Bertz CT molecular complexity index is 949. The second-order valence-electron chi connectivity index (χ2n) is 10.6. The summed E-state index contributed by atoms with van der Waals surface area (Å²) in [7, 11) is 0. The van der Waals surface area contributed by atoms with Crippen LogP contribution in [0, 0.1) is 38.0 Å². The zero-order chi connectivity index (χ0) is 28.9. The third kappa shape index (κ3) is 13.3. The second kappa shape index (κ2) is 21.4. The van der Waals surface area contributed by atoms with Crippen molar-refractivity contribution in [2.75, 3.05) is 0 Å². The highest BCUT2D eigenvalue weighted by atomic mass is 14.3. The third-order valence-corrected chi connectivity index (χ3v) is 7.28. The largest absolute Gasteiger partial charge is 0.120 e. The molecule has 0 saturated carbocycles. The lowest BCUT2D eigenvalue weighted by molar-refractivity contribution is 0.393. The van der Waals surface area contributed by atoms with Crippen LogP contribution in [0.5, 0.6) is 0 Å². The van der Waals surface area contributed by atoms with Gasteiger partial charge in [0.15, 0.2) is 0 Å². The average molecular weight is 515 g/mol. The van der Waals surface area contributed by atoms with Crippen molar-refractivity contribution in [3.63, 3.8) is 0 Å². The van der Waals surface area contributed by atoms with Gasteiger partial charge in [-0.1, -0.05) is 133 Å². The summed E-state index contributed by atoms with van der Waals surface area (Å²) in [5.41, 5.74) is 9.48. The van der Waals surface area contributed by atoms with Gasteiger partial charge < -0.3 is 0 Å². The summed E-state index contributed by atoms with van der Waals surface area (Å²) < 4.78 is 0. The highest BCUT2D eigenvalue weighted by Crippen LogP contribution is 2.40. The first-order valence-corrected chi connectivity index (χ1v) is 15.1. The highest BCUT2D eigenvalue weighted by molar-refractivity contribution is 5.70. The van der Waals surface area contributed by atoms with E-state index in [9.17, 15) is 0 Å². The van der Waals surface area contributed by atoms with Crippen molar-refractivity contribution in [2.24, 2.45) is 11.8 Å². The lowest BCUT2D eigenvalue weighted by atomic mass is 9.73. The van der Waals surface area contributed by atoms with E-state index in [0.29, 0.717) is 11.8 Å². The fourth-order valence-corrected chi connectivity index (χ4v) is 4.85. The number of benzene rings is 2. The Morgan fingerprint density at radius 3 is 1.87 bits per heavy atom. The van der Waals surface area contributed by atoms with Crippen LogP contribution in [0.25, 0.3) is 5.57 Å². The molecule has 2 atom stereocenters. The minimum absolute atomic E-state index is 0.357. The fourth-order valence-electron chi connectivity index (χ4n) is 4.85. The fraction of sp³-hybridized carbons (Fsp3) is 0.526. The third-order valence-electron chi connectivity index (χ3n) is 7.28. The van der Waals surface area contributed by atoms with E-state index >= 15 is 0 Å². The molecule has 0 saturated heterocycles. The van der Waals surface area contributed by atoms with Gasteiger partial charge in [0.1, 0.15) is 0 Å². The highest BCUT2D eigenvalue weighted by Gasteiger charge is 2.26. The summed E-state index contributed by atoms with van der Waals surface area (Å²) in [4.78, 5) is 0. The average Bonchev–Trinajstić information content (AvgIpc) is 2.91. The molecule has 0 aromatic heterocycles. The number of rotatable bonds is 14. The molecular formula is C38H58. The molecule has 0 N–H and O–H groups in total. The first-order chi connectivity index (χ1) is 18.2. The Morgan fingerprint density at radius 2 is 1.39 bits per heavy atom. The van der Waals surface area contributed by atoms with Crippen LogP contribution in [-0.4, -0.2) is 0 Å².